The number of hydrogen-bond donors (Lipinski definition) is 1. The second-order valence-corrected chi connectivity index (χ2v) is 8.56. The van der Waals surface area contributed by atoms with E-state index in [1.54, 1.807) is 18.3 Å². The molecule has 0 bridgehead atoms. The molecule has 0 spiro atoms. The minimum Gasteiger partial charge on any atom is -0.489 e. The van der Waals surface area contributed by atoms with Crippen LogP contribution in [0.15, 0.2) is 54.9 Å². The SMILES string of the molecule is COc1c(Nc2nccc(-c3cn(C)c4ccccc34)n2)ccc(N(C)CCN(C)C)c1[N+](=O)[O-]. The van der Waals surface area contributed by atoms with E-state index in [-0.39, 0.29) is 11.4 Å². The molecular formula is C25H29N7O3. The van der Waals surface area contributed by atoms with Gasteiger partial charge in [-0.15, -0.1) is 0 Å². The number of fused-ring (bicyclic) bond motifs is 1. The minimum absolute atomic E-state index is 0.107. The highest BCUT2D eigenvalue weighted by Crippen LogP contribution is 2.43. The first-order valence-electron chi connectivity index (χ1n) is 11.2. The first kappa shape index (κ1) is 24.0. The van der Waals surface area contributed by atoms with Crippen molar-refractivity contribution in [3.8, 4) is 17.0 Å². The third-order valence-corrected chi connectivity index (χ3v) is 5.87. The second kappa shape index (κ2) is 9.98. The smallest absolute Gasteiger partial charge is 0.336 e. The number of nitrogens with zero attached hydrogens (tertiary/aromatic N) is 6. The summed E-state index contributed by atoms with van der Waals surface area (Å²) in [7, 11) is 9.16. The van der Waals surface area contributed by atoms with Gasteiger partial charge in [0.05, 0.1) is 23.4 Å². The van der Waals surface area contributed by atoms with Crippen LogP contribution >= 0.6 is 0 Å². The number of aryl methyl sites for hydroxylation is 1. The lowest BCUT2D eigenvalue weighted by atomic mass is 10.1. The number of nitro groups is 1. The van der Waals surface area contributed by atoms with Crippen LogP contribution < -0.4 is 15.0 Å². The van der Waals surface area contributed by atoms with E-state index in [9.17, 15) is 10.1 Å². The Bertz CT molecular complexity index is 1370. The van der Waals surface area contributed by atoms with Gasteiger partial charge in [0.1, 0.15) is 5.69 Å². The molecule has 10 heteroatoms. The number of aromatic nitrogens is 3. The highest BCUT2D eigenvalue weighted by atomic mass is 16.6. The van der Waals surface area contributed by atoms with Crippen LogP contribution in [0.3, 0.4) is 0 Å². The molecule has 0 aliphatic carbocycles. The van der Waals surface area contributed by atoms with Crippen molar-refractivity contribution in [1.82, 2.24) is 19.4 Å². The maximum Gasteiger partial charge on any atom is 0.336 e. The summed E-state index contributed by atoms with van der Waals surface area (Å²) in [6.07, 6.45) is 3.69. The third kappa shape index (κ3) is 4.87. The molecule has 182 valence electrons. The molecule has 4 aromatic rings. The van der Waals surface area contributed by atoms with E-state index in [0.717, 1.165) is 28.7 Å². The van der Waals surface area contributed by atoms with Gasteiger partial charge >= 0.3 is 5.69 Å². The summed E-state index contributed by atoms with van der Waals surface area (Å²) >= 11 is 0. The molecule has 0 unspecified atom stereocenters. The van der Waals surface area contributed by atoms with Gasteiger partial charge < -0.3 is 24.4 Å². The highest BCUT2D eigenvalue weighted by molar-refractivity contribution is 5.95. The summed E-state index contributed by atoms with van der Waals surface area (Å²) in [4.78, 5) is 24.5. The van der Waals surface area contributed by atoms with Crippen LogP contribution in [0.2, 0.25) is 0 Å². The molecule has 0 saturated carbocycles. The Morgan fingerprint density at radius 2 is 1.89 bits per heavy atom. The molecular weight excluding hydrogens is 446 g/mol. The lowest BCUT2D eigenvalue weighted by Crippen LogP contribution is -2.29. The number of anilines is 3. The average Bonchev–Trinajstić information content (AvgIpc) is 3.19. The summed E-state index contributed by atoms with van der Waals surface area (Å²) in [5.41, 5.74) is 3.60. The Balaban J connectivity index is 1.70. The number of benzene rings is 2. The molecule has 0 aliphatic rings. The maximum atomic E-state index is 12.0. The number of nitro benzene ring substituents is 1. The lowest BCUT2D eigenvalue weighted by molar-refractivity contribution is -0.384. The Morgan fingerprint density at radius 3 is 2.60 bits per heavy atom. The fraction of sp³-hybridized carbons (Fsp3) is 0.280. The summed E-state index contributed by atoms with van der Waals surface area (Å²) in [6.45, 7) is 1.38. The van der Waals surface area contributed by atoms with Crippen molar-refractivity contribution in [2.75, 3.05) is 51.6 Å². The van der Waals surface area contributed by atoms with Gasteiger partial charge in [-0.25, -0.2) is 9.97 Å². The summed E-state index contributed by atoms with van der Waals surface area (Å²) in [6, 6.07) is 13.4. The summed E-state index contributed by atoms with van der Waals surface area (Å²) < 4.78 is 7.56. The number of ether oxygens (including phenoxy) is 1. The first-order valence-corrected chi connectivity index (χ1v) is 11.2. The van der Waals surface area contributed by atoms with Crippen LogP contribution in [0, 0.1) is 10.1 Å². The Morgan fingerprint density at radius 1 is 1.11 bits per heavy atom. The molecule has 2 aromatic heterocycles. The molecule has 1 N–H and O–H groups in total. The van der Waals surface area contributed by atoms with Crippen molar-refractivity contribution in [2.45, 2.75) is 0 Å². The molecule has 35 heavy (non-hydrogen) atoms. The molecule has 0 aliphatic heterocycles. The van der Waals surface area contributed by atoms with Crippen LogP contribution in [0.25, 0.3) is 22.2 Å². The molecule has 2 aromatic carbocycles. The molecule has 2 heterocycles. The van der Waals surface area contributed by atoms with E-state index in [0.29, 0.717) is 23.9 Å². The zero-order chi connectivity index (χ0) is 25.1. The molecule has 10 nitrogen and oxygen atoms in total. The van der Waals surface area contributed by atoms with Crippen molar-refractivity contribution in [1.29, 1.82) is 0 Å². The van der Waals surface area contributed by atoms with E-state index in [2.05, 4.69) is 32.0 Å². The van der Waals surface area contributed by atoms with Crippen LogP contribution in [0.1, 0.15) is 0 Å². The number of para-hydroxylation sites is 1. The Hall–Kier alpha value is -4.18. The van der Waals surface area contributed by atoms with E-state index in [1.165, 1.54) is 7.11 Å². The van der Waals surface area contributed by atoms with Gasteiger partial charge in [0, 0.05) is 56.0 Å². The van der Waals surface area contributed by atoms with Gasteiger partial charge in [0.15, 0.2) is 0 Å². The van der Waals surface area contributed by atoms with Gasteiger partial charge in [0.25, 0.3) is 0 Å². The fourth-order valence-electron chi connectivity index (χ4n) is 4.06. The zero-order valence-corrected chi connectivity index (χ0v) is 20.5. The van der Waals surface area contributed by atoms with E-state index < -0.39 is 4.92 Å². The average molecular weight is 476 g/mol. The third-order valence-electron chi connectivity index (χ3n) is 5.87. The molecule has 0 amide bonds. The maximum absolute atomic E-state index is 12.0. The predicted molar refractivity (Wildman–Crippen MR) is 139 cm³/mol. The Kier molecular flexibility index (Phi) is 6.83. The molecule has 0 atom stereocenters. The van der Waals surface area contributed by atoms with Crippen LogP contribution in [-0.4, -0.2) is 65.7 Å². The topological polar surface area (TPSA) is 102 Å². The number of rotatable bonds is 9. The first-order chi connectivity index (χ1) is 16.8. The Labute approximate surface area is 203 Å². The van der Waals surface area contributed by atoms with Gasteiger partial charge in [-0.1, -0.05) is 18.2 Å². The van der Waals surface area contributed by atoms with E-state index in [1.807, 2.05) is 62.4 Å². The second-order valence-electron chi connectivity index (χ2n) is 8.56. The van der Waals surface area contributed by atoms with Gasteiger partial charge in [0.2, 0.25) is 11.7 Å². The number of methoxy groups -OCH3 is 1. The van der Waals surface area contributed by atoms with Gasteiger partial charge in [-0.3, -0.25) is 10.1 Å². The highest BCUT2D eigenvalue weighted by Gasteiger charge is 2.27. The predicted octanol–water partition coefficient (Wildman–Crippen LogP) is 4.29. The van der Waals surface area contributed by atoms with Crippen molar-refractivity contribution in [3.05, 3.63) is 65.0 Å². The molecule has 0 saturated heterocycles. The van der Waals surface area contributed by atoms with E-state index in [4.69, 9.17) is 4.74 Å². The van der Waals surface area contributed by atoms with Crippen LogP contribution in [-0.2, 0) is 7.05 Å². The largest absolute Gasteiger partial charge is 0.489 e. The molecule has 0 fully saturated rings. The van der Waals surface area contributed by atoms with Crippen molar-refractivity contribution < 1.29 is 9.66 Å². The van der Waals surface area contributed by atoms with Gasteiger partial charge in [-0.05, 0) is 38.4 Å². The van der Waals surface area contributed by atoms with Gasteiger partial charge in [-0.2, -0.15) is 0 Å². The number of likely N-dealkylation sites (N-methyl/N-ethyl adjacent to an activating group) is 2. The molecule has 0 radical (unpaired) electrons. The standard InChI is InChI=1S/C25H29N7O3/c1-29(2)14-15-30(3)22-11-10-20(24(35-5)23(22)32(33)34)28-25-26-13-12-19(27-25)18-16-31(4)21-9-7-6-8-17(18)21/h6-13,16H,14-15H2,1-5H3,(H,26,27,28). The van der Waals surface area contributed by atoms with Crippen LogP contribution in [0.5, 0.6) is 5.75 Å². The van der Waals surface area contributed by atoms with E-state index >= 15 is 0 Å². The number of hydrogen-bond acceptors (Lipinski definition) is 8. The fourth-order valence-corrected chi connectivity index (χ4v) is 4.06. The molecule has 4 rings (SSSR count). The van der Waals surface area contributed by atoms with Crippen molar-refractivity contribution in [3.63, 3.8) is 0 Å². The summed E-state index contributed by atoms with van der Waals surface area (Å²) in [5, 5.41) is 16.2. The normalized spacial score (nSPS) is 11.1. The number of nitrogens with one attached hydrogen (secondary N) is 1. The lowest BCUT2D eigenvalue weighted by Gasteiger charge is -2.23. The monoisotopic (exact) mass is 475 g/mol. The van der Waals surface area contributed by atoms with Crippen LogP contribution in [0.4, 0.5) is 23.0 Å². The van der Waals surface area contributed by atoms with Crippen molar-refractivity contribution in [2.24, 2.45) is 7.05 Å². The zero-order valence-electron chi connectivity index (χ0n) is 20.5. The van der Waals surface area contributed by atoms with Crippen molar-refractivity contribution >= 4 is 33.9 Å². The summed E-state index contributed by atoms with van der Waals surface area (Å²) in [5.74, 6) is 0.445. The quantitative estimate of drug-likeness (QED) is 0.283. The minimum atomic E-state index is -0.418.